The van der Waals surface area contributed by atoms with Crippen molar-refractivity contribution in [3.05, 3.63) is 0 Å². The van der Waals surface area contributed by atoms with Crippen LogP contribution in [0.3, 0.4) is 0 Å². The Labute approximate surface area is 406 Å². The molecule has 0 fully saturated rings. The summed E-state index contributed by atoms with van der Waals surface area (Å²) in [6.07, 6.45) is 60.9. The number of carbonyl (C=O) groups is 3. The molecule has 0 spiro atoms. The Kier molecular flexibility index (Phi) is 53.7. The van der Waals surface area contributed by atoms with Crippen LogP contribution in [0.5, 0.6) is 0 Å². The highest BCUT2D eigenvalue weighted by molar-refractivity contribution is 5.71. The largest absolute Gasteiger partial charge is 0.462 e. The highest BCUT2D eigenvalue weighted by Crippen LogP contribution is 2.18. The van der Waals surface area contributed by atoms with Crippen molar-refractivity contribution in [2.75, 3.05) is 13.2 Å². The summed E-state index contributed by atoms with van der Waals surface area (Å²) in [4.78, 5) is 38.1. The van der Waals surface area contributed by atoms with Gasteiger partial charge in [-0.2, -0.15) is 0 Å². The molecule has 0 N–H and O–H groups in total. The first kappa shape index (κ1) is 63.4. The second-order valence-corrected chi connectivity index (χ2v) is 20.3. The molecule has 6 nitrogen and oxygen atoms in total. The van der Waals surface area contributed by atoms with E-state index < -0.39 is 6.10 Å². The van der Waals surface area contributed by atoms with Crippen LogP contribution >= 0.6 is 0 Å². The molecule has 0 heterocycles. The van der Waals surface area contributed by atoms with Crippen LogP contribution in [0.15, 0.2) is 0 Å². The van der Waals surface area contributed by atoms with Gasteiger partial charge in [0.25, 0.3) is 0 Å². The number of hydrogen-bond acceptors (Lipinski definition) is 6. The summed E-state index contributed by atoms with van der Waals surface area (Å²) in [5.74, 6) is -0.830. The Morgan fingerprint density at radius 1 is 0.246 bits per heavy atom. The maximum Gasteiger partial charge on any atom is 0.306 e. The molecule has 6 heteroatoms. The van der Waals surface area contributed by atoms with E-state index in [0.29, 0.717) is 19.3 Å². The van der Waals surface area contributed by atoms with E-state index in [4.69, 9.17) is 14.2 Å². The Morgan fingerprint density at radius 2 is 0.415 bits per heavy atom. The number of carbonyl (C=O) groups excluding carboxylic acids is 3. The van der Waals surface area contributed by atoms with E-state index in [-0.39, 0.29) is 31.1 Å². The van der Waals surface area contributed by atoms with Crippen LogP contribution in [-0.4, -0.2) is 37.2 Å². The van der Waals surface area contributed by atoms with E-state index in [1.165, 1.54) is 244 Å². The zero-order valence-electron chi connectivity index (χ0n) is 44.3. The maximum atomic E-state index is 12.9. The molecule has 0 aromatic carbocycles. The van der Waals surface area contributed by atoms with Crippen LogP contribution in [0.1, 0.15) is 342 Å². The van der Waals surface area contributed by atoms with Gasteiger partial charge in [-0.25, -0.2) is 0 Å². The third-order valence-corrected chi connectivity index (χ3v) is 13.6. The smallest absolute Gasteiger partial charge is 0.306 e. The van der Waals surface area contributed by atoms with Crippen LogP contribution in [0.4, 0.5) is 0 Å². The first-order valence-corrected chi connectivity index (χ1v) is 29.5. The highest BCUT2D eigenvalue weighted by atomic mass is 16.6. The van der Waals surface area contributed by atoms with Crippen LogP contribution in [0.2, 0.25) is 0 Å². The average Bonchev–Trinajstić information content (AvgIpc) is 3.30. The normalized spacial score (nSPS) is 11.9. The van der Waals surface area contributed by atoms with Crippen molar-refractivity contribution >= 4 is 17.9 Å². The van der Waals surface area contributed by atoms with Gasteiger partial charge in [-0.15, -0.1) is 0 Å². The maximum absolute atomic E-state index is 12.9. The van der Waals surface area contributed by atoms with Crippen LogP contribution < -0.4 is 0 Å². The number of hydrogen-bond donors (Lipinski definition) is 0. The van der Waals surface area contributed by atoms with Crippen LogP contribution in [0.25, 0.3) is 0 Å². The summed E-state index contributed by atoms with van der Waals surface area (Å²) in [7, 11) is 0. The molecule has 0 saturated heterocycles. The van der Waals surface area contributed by atoms with E-state index in [1.807, 2.05) is 0 Å². The number of unbranched alkanes of at least 4 members (excludes halogenated alkanes) is 44. The molecular formula is C59H114O6. The lowest BCUT2D eigenvalue weighted by Gasteiger charge is -2.18. The third kappa shape index (κ3) is 53.2. The lowest BCUT2D eigenvalue weighted by atomic mass is 10.0. The highest BCUT2D eigenvalue weighted by Gasteiger charge is 2.19. The Balaban J connectivity index is 4.28. The van der Waals surface area contributed by atoms with Crippen molar-refractivity contribution in [1.29, 1.82) is 0 Å². The van der Waals surface area contributed by atoms with Gasteiger partial charge in [-0.05, 0) is 19.3 Å². The lowest BCUT2D eigenvalue weighted by molar-refractivity contribution is -0.167. The molecule has 0 radical (unpaired) electrons. The quantitative estimate of drug-likeness (QED) is 0.0344. The molecule has 0 aliphatic rings. The minimum absolute atomic E-state index is 0.0609. The first-order chi connectivity index (χ1) is 32.0. The molecule has 0 bridgehead atoms. The van der Waals surface area contributed by atoms with E-state index in [0.717, 1.165) is 57.8 Å². The van der Waals surface area contributed by atoms with Crippen molar-refractivity contribution in [3.8, 4) is 0 Å². The van der Waals surface area contributed by atoms with Gasteiger partial charge in [0.15, 0.2) is 6.10 Å². The standard InChI is InChI=1S/C59H114O6/c1-4-7-10-13-16-19-22-25-27-29-31-34-37-40-43-46-49-52-58(61)64-55-56(54-63-57(60)51-48-45-42-39-36-33-24-21-18-15-12-9-6-3)65-59(62)53-50-47-44-41-38-35-32-30-28-26-23-20-17-14-11-8-5-2/h56H,4-55H2,1-3H3/t56-/m0/s1. The fourth-order valence-corrected chi connectivity index (χ4v) is 9.15. The zero-order valence-corrected chi connectivity index (χ0v) is 44.3. The monoisotopic (exact) mass is 919 g/mol. The molecule has 0 amide bonds. The predicted molar refractivity (Wildman–Crippen MR) is 280 cm³/mol. The molecule has 0 saturated carbocycles. The molecular weight excluding hydrogens is 805 g/mol. The number of esters is 3. The van der Waals surface area contributed by atoms with E-state index in [9.17, 15) is 14.4 Å². The Hall–Kier alpha value is -1.59. The Morgan fingerprint density at radius 3 is 0.615 bits per heavy atom. The molecule has 0 rings (SSSR count). The molecule has 386 valence electrons. The van der Waals surface area contributed by atoms with Crippen molar-refractivity contribution in [1.82, 2.24) is 0 Å². The van der Waals surface area contributed by atoms with Gasteiger partial charge in [-0.3, -0.25) is 14.4 Å². The average molecular weight is 920 g/mol. The SMILES string of the molecule is CCCCCCCCCCCCCCCCCCCC(=O)OC[C@H](COC(=O)CCCCCCCCCCCCCCC)OC(=O)CCCCCCCCCCCCCCCCCCC. The van der Waals surface area contributed by atoms with Gasteiger partial charge in [0.1, 0.15) is 13.2 Å². The molecule has 0 aliphatic heterocycles. The van der Waals surface area contributed by atoms with Crippen molar-refractivity contribution in [2.45, 2.75) is 348 Å². The van der Waals surface area contributed by atoms with E-state index in [1.54, 1.807) is 0 Å². The first-order valence-electron chi connectivity index (χ1n) is 29.5. The summed E-state index contributed by atoms with van der Waals surface area (Å²) < 4.78 is 16.9. The van der Waals surface area contributed by atoms with Gasteiger partial charge in [0.2, 0.25) is 0 Å². The van der Waals surface area contributed by atoms with Crippen molar-refractivity contribution < 1.29 is 28.6 Å². The second-order valence-electron chi connectivity index (χ2n) is 20.3. The molecule has 0 aromatic heterocycles. The minimum Gasteiger partial charge on any atom is -0.462 e. The van der Waals surface area contributed by atoms with E-state index >= 15 is 0 Å². The van der Waals surface area contributed by atoms with Crippen molar-refractivity contribution in [3.63, 3.8) is 0 Å². The molecule has 0 aliphatic carbocycles. The van der Waals surface area contributed by atoms with Gasteiger partial charge in [-0.1, -0.05) is 303 Å². The van der Waals surface area contributed by atoms with Gasteiger partial charge in [0, 0.05) is 19.3 Å². The van der Waals surface area contributed by atoms with Gasteiger partial charge >= 0.3 is 17.9 Å². The molecule has 1 atom stereocenters. The fraction of sp³-hybridized carbons (Fsp3) is 0.949. The topological polar surface area (TPSA) is 78.9 Å². The molecule has 65 heavy (non-hydrogen) atoms. The minimum atomic E-state index is -0.761. The van der Waals surface area contributed by atoms with Crippen LogP contribution in [0, 0.1) is 0 Å². The summed E-state index contributed by atoms with van der Waals surface area (Å²) in [5.41, 5.74) is 0. The fourth-order valence-electron chi connectivity index (χ4n) is 9.15. The zero-order chi connectivity index (χ0) is 47.2. The van der Waals surface area contributed by atoms with Gasteiger partial charge < -0.3 is 14.2 Å². The molecule has 0 aromatic rings. The molecule has 0 unspecified atom stereocenters. The van der Waals surface area contributed by atoms with Crippen LogP contribution in [-0.2, 0) is 28.6 Å². The summed E-state index contributed by atoms with van der Waals surface area (Å²) in [6.45, 7) is 6.71. The number of ether oxygens (including phenoxy) is 3. The lowest BCUT2D eigenvalue weighted by Crippen LogP contribution is -2.30. The summed E-state index contributed by atoms with van der Waals surface area (Å²) in [5, 5.41) is 0. The summed E-state index contributed by atoms with van der Waals surface area (Å²) >= 11 is 0. The van der Waals surface area contributed by atoms with Gasteiger partial charge in [0.05, 0.1) is 0 Å². The Bertz CT molecular complexity index is 967. The number of rotatable bonds is 55. The van der Waals surface area contributed by atoms with E-state index in [2.05, 4.69) is 20.8 Å². The predicted octanol–water partition coefficient (Wildman–Crippen LogP) is 19.5. The summed E-state index contributed by atoms with van der Waals surface area (Å²) in [6, 6.07) is 0. The second kappa shape index (κ2) is 55.0. The van der Waals surface area contributed by atoms with Crippen molar-refractivity contribution in [2.24, 2.45) is 0 Å². The third-order valence-electron chi connectivity index (χ3n) is 13.6.